The number of carbonyl (C=O) groups excluding carboxylic acids is 1. The largest absolute Gasteiger partial charge is 0.465 e. The van der Waals surface area contributed by atoms with Crippen LogP contribution in [0.25, 0.3) is 6.08 Å². The number of carbonyl (C=O) groups is 1. The monoisotopic (exact) mass is 271 g/mol. The molecular formula is C16H17NO3. The summed E-state index contributed by atoms with van der Waals surface area (Å²) in [5.41, 5.74) is 5.88. The van der Waals surface area contributed by atoms with Crippen LogP contribution in [-0.2, 0) is 14.3 Å². The van der Waals surface area contributed by atoms with Crippen molar-refractivity contribution < 1.29 is 14.3 Å². The molecule has 1 aliphatic carbocycles. The number of ether oxygens (including phenoxy) is 2. The molecule has 0 heterocycles. The van der Waals surface area contributed by atoms with Crippen molar-refractivity contribution in [1.82, 2.24) is 0 Å². The third kappa shape index (κ3) is 4.10. The minimum absolute atomic E-state index is 0.386. The van der Waals surface area contributed by atoms with Gasteiger partial charge in [0.2, 0.25) is 0 Å². The average Bonchev–Trinajstić information content (AvgIpc) is 2.41. The van der Waals surface area contributed by atoms with Crippen LogP contribution in [0.2, 0.25) is 0 Å². The van der Waals surface area contributed by atoms with E-state index in [-0.39, 0.29) is 0 Å². The van der Waals surface area contributed by atoms with Gasteiger partial charge >= 0.3 is 5.97 Å². The molecule has 0 bridgehead atoms. The summed E-state index contributed by atoms with van der Waals surface area (Å²) in [4.78, 5) is 10.9. The van der Waals surface area contributed by atoms with Gasteiger partial charge in [0.25, 0.3) is 0 Å². The number of nitrogens with two attached hydrogens (primary N) is 1. The number of hydrogen-bond donors (Lipinski definition) is 1. The molecule has 0 saturated carbocycles. The van der Waals surface area contributed by atoms with E-state index in [4.69, 9.17) is 15.2 Å². The fourth-order valence-electron chi connectivity index (χ4n) is 1.81. The molecule has 0 aromatic heterocycles. The van der Waals surface area contributed by atoms with Gasteiger partial charge in [0.05, 0.1) is 6.26 Å². The number of benzene rings is 1. The first-order chi connectivity index (χ1) is 9.57. The Hall–Kier alpha value is -2.33. The number of esters is 1. The maximum atomic E-state index is 10.9. The Labute approximate surface area is 118 Å². The zero-order valence-corrected chi connectivity index (χ0v) is 11.3. The second-order valence-corrected chi connectivity index (χ2v) is 4.52. The van der Waals surface area contributed by atoms with Gasteiger partial charge in [-0.3, -0.25) is 10.5 Å². The molecule has 4 heteroatoms. The second kappa shape index (κ2) is 6.21. The van der Waals surface area contributed by atoms with Gasteiger partial charge < -0.3 is 9.47 Å². The van der Waals surface area contributed by atoms with Crippen molar-refractivity contribution in [3.63, 3.8) is 0 Å². The summed E-state index contributed by atoms with van der Waals surface area (Å²) in [6.45, 7) is 1.33. The van der Waals surface area contributed by atoms with Crippen LogP contribution in [0.3, 0.4) is 0 Å². The lowest BCUT2D eigenvalue weighted by atomic mass is 10.0. The van der Waals surface area contributed by atoms with Gasteiger partial charge in [0.15, 0.2) is 5.72 Å². The first-order valence-corrected chi connectivity index (χ1v) is 6.33. The van der Waals surface area contributed by atoms with Crippen LogP contribution in [-0.4, -0.2) is 11.7 Å². The van der Waals surface area contributed by atoms with Crippen molar-refractivity contribution in [3.05, 3.63) is 66.1 Å². The van der Waals surface area contributed by atoms with Gasteiger partial charge in [-0.25, -0.2) is 0 Å². The van der Waals surface area contributed by atoms with E-state index in [1.165, 1.54) is 6.92 Å². The molecule has 1 aromatic rings. The van der Waals surface area contributed by atoms with Gasteiger partial charge in [-0.15, -0.1) is 0 Å². The van der Waals surface area contributed by atoms with Gasteiger partial charge in [0.1, 0.15) is 5.76 Å². The summed E-state index contributed by atoms with van der Waals surface area (Å²) in [6.07, 6.45) is 8.98. The zero-order valence-electron chi connectivity index (χ0n) is 11.3. The smallest absolute Gasteiger partial charge is 0.304 e. The Morgan fingerprint density at radius 2 is 2.10 bits per heavy atom. The van der Waals surface area contributed by atoms with Crippen LogP contribution >= 0.6 is 0 Å². The highest BCUT2D eigenvalue weighted by molar-refractivity contribution is 5.67. The van der Waals surface area contributed by atoms with Crippen molar-refractivity contribution in [2.24, 2.45) is 5.73 Å². The second-order valence-electron chi connectivity index (χ2n) is 4.52. The molecule has 2 rings (SSSR count). The van der Waals surface area contributed by atoms with Gasteiger partial charge in [0, 0.05) is 13.3 Å². The zero-order chi connectivity index (χ0) is 14.4. The lowest BCUT2D eigenvalue weighted by molar-refractivity contribution is -0.151. The Kier molecular flexibility index (Phi) is 4.38. The van der Waals surface area contributed by atoms with Gasteiger partial charge in [-0.2, -0.15) is 0 Å². The van der Waals surface area contributed by atoms with Crippen molar-refractivity contribution in [2.45, 2.75) is 19.1 Å². The maximum absolute atomic E-state index is 10.9. The first-order valence-electron chi connectivity index (χ1n) is 6.33. The first kappa shape index (κ1) is 14.1. The molecule has 1 atom stereocenters. The summed E-state index contributed by atoms with van der Waals surface area (Å²) in [7, 11) is 0. The average molecular weight is 271 g/mol. The fraction of sp³-hybridized carbons (Fsp3) is 0.188. The molecule has 0 saturated heterocycles. The molecule has 0 amide bonds. The molecule has 1 aliphatic rings. The number of allylic oxidation sites excluding steroid dienone is 1. The molecule has 0 radical (unpaired) electrons. The highest BCUT2D eigenvalue weighted by atomic mass is 16.6. The Bertz CT molecular complexity index is 560. The van der Waals surface area contributed by atoms with Crippen LogP contribution in [0.15, 0.2) is 60.6 Å². The molecular weight excluding hydrogens is 254 g/mol. The molecule has 1 unspecified atom stereocenters. The topological polar surface area (TPSA) is 61.5 Å². The Morgan fingerprint density at radius 1 is 1.35 bits per heavy atom. The fourth-order valence-corrected chi connectivity index (χ4v) is 1.81. The Balaban J connectivity index is 1.89. The predicted molar refractivity (Wildman–Crippen MR) is 77.1 cm³/mol. The number of rotatable bonds is 4. The van der Waals surface area contributed by atoms with Crippen LogP contribution in [0.5, 0.6) is 0 Å². The quantitative estimate of drug-likeness (QED) is 0.519. The van der Waals surface area contributed by atoms with Gasteiger partial charge in [-0.1, -0.05) is 30.3 Å². The lowest BCUT2D eigenvalue weighted by Gasteiger charge is -2.26. The van der Waals surface area contributed by atoms with E-state index in [1.807, 2.05) is 36.4 Å². The minimum Gasteiger partial charge on any atom is -0.465 e. The molecule has 0 fully saturated rings. The van der Waals surface area contributed by atoms with E-state index in [2.05, 4.69) is 0 Å². The minimum atomic E-state index is -1.07. The van der Waals surface area contributed by atoms with Crippen molar-refractivity contribution in [1.29, 1.82) is 0 Å². The van der Waals surface area contributed by atoms with Crippen LogP contribution in [0, 0.1) is 0 Å². The van der Waals surface area contributed by atoms with Crippen molar-refractivity contribution >= 4 is 12.0 Å². The lowest BCUT2D eigenvalue weighted by Crippen LogP contribution is -2.42. The predicted octanol–water partition coefficient (Wildman–Crippen LogP) is 2.74. The normalized spacial score (nSPS) is 21.6. The Morgan fingerprint density at radius 3 is 2.70 bits per heavy atom. The van der Waals surface area contributed by atoms with Crippen LogP contribution in [0.1, 0.15) is 18.9 Å². The summed E-state index contributed by atoms with van der Waals surface area (Å²) in [5.74, 6) is 0.268. The van der Waals surface area contributed by atoms with E-state index in [1.54, 1.807) is 24.5 Å². The maximum Gasteiger partial charge on any atom is 0.304 e. The highest BCUT2D eigenvalue weighted by Crippen LogP contribution is 2.21. The summed E-state index contributed by atoms with van der Waals surface area (Å²) in [6, 6.07) is 9.84. The van der Waals surface area contributed by atoms with Gasteiger partial charge in [-0.05, 0) is 29.9 Å². The third-order valence-corrected chi connectivity index (χ3v) is 2.75. The molecule has 0 aliphatic heterocycles. The van der Waals surface area contributed by atoms with Crippen LogP contribution < -0.4 is 5.73 Å². The highest BCUT2D eigenvalue weighted by Gasteiger charge is 2.26. The van der Waals surface area contributed by atoms with Crippen molar-refractivity contribution in [3.8, 4) is 0 Å². The molecule has 0 spiro atoms. The number of hydrogen-bond acceptors (Lipinski definition) is 4. The standard InChI is InChI=1S/C16H17NO3/c1-13(18)20-16(17)10-7-15(8-11-16)19-12-9-14-5-3-2-4-6-14/h2-10,12H,11,17H2,1H3. The van der Waals surface area contributed by atoms with Crippen LogP contribution in [0.4, 0.5) is 0 Å². The molecule has 104 valence electrons. The summed E-state index contributed by atoms with van der Waals surface area (Å²) in [5, 5.41) is 0. The van der Waals surface area contributed by atoms with E-state index in [0.717, 1.165) is 5.56 Å². The molecule has 20 heavy (non-hydrogen) atoms. The van der Waals surface area contributed by atoms with Crippen molar-refractivity contribution in [2.75, 3.05) is 0 Å². The third-order valence-electron chi connectivity index (χ3n) is 2.75. The molecule has 4 nitrogen and oxygen atoms in total. The van der Waals surface area contributed by atoms with E-state index < -0.39 is 11.7 Å². The van der Waals surface area contributed by atoms with E-state index in [9.17, 15) is 4.79 Å². The van der Waals surface area contributed by atoms with E-state index in [0.29, 0.717) is 12.2 Å². The van der Waals surface area contributed by atoms with E-state index >= 15 is 0 Å². The molecule has 1 aromatic carbocycles. The summed E-state index contributed by atoms with van der Waals surface area (Å²) < 4.78 is 10.5. The SMILES string of the molecule is CC(=O)OC1(N)C=CC(OC=Cc2ccccc2)=CC1. The summed E-state index contributed by atoms with van der Waals surface area (Å²) >= 11 is 0. The molecule has 2 N–H and O–H groups in total.